The van der Waals surface area contributed by atoms with Crippen LogP contribution in [0.5, 0.6) is 0 Å². The van der Waals surface area contributed by atoms with Gasteiger partial charge in [-0.3, -0.25) is 0 Å². The van der Waals surface area contributed by atoms with Crippen LogP contribution in [-0.4, -0.2) is 42.2 Å². The van der Waals surface area contributed by atoms with Gasteiger partial charge in [-0.05, 0) is 34.1 Å². The van der Waals surface area contributed by atoms with E-state index in [9.17, 15) is 4.79 Å². The van der Waals surface area contributed by atoms with Gasteiger partial charge in [0.05, 0.1) is 18.9 Å². The molecule has 7 heteroatoms. The normalized spacial score (nSPS) is 15.1. The molecule has 0 spiro atoms. The molecule has 1 aromatic carbocycles. The van der Waals surface area contributed by atoms with Gasteiger partial charge in [0.15, 0.2) is 0 Å². The number of halogens is 1. The summed E-state index contributed by atoms with van der Waals surface area (Å²) in [6.07, 6.45) is 0. The zero-order chi connectivity index (χ0) is 13.8. The average Bonchev–Trinajstić information content (AvgIpc) is 2.41. The summed E-state index contributed by atoms with van der Waals surface area (Å²) in [7, 11) is 0. The zero-order valence-electron chi connectivity index (χ0n) is 10.2. The Morgan fingerprint density at radius 1 is 1.42 bits per heavy atom. The fourth-order valence-corrected chi connectivity index (χ4v) is 2.34. The number of benzene rings is 1. The molecule has 2 rings (SSSR count). The molecule has 0 saturated carbocycles. The Labute approximate surface area is 125 Å². The summed E-state index contributed by atoms with van der Waals surface area (Å²) < 4.78 is 5.96. The molecule has 1 heterocycles. The van der Waals surface area contributed by atoms with Gasteiger partial charge in [0.2, 0.25) is 0 Å². The van der Waals surface area contributed by atoms with Crippen LogP contribution >= 0.6 is 28.1 Å². The van der Waals surface area contributed by atoms with Crippen molar-refractivity contribution in [1.82, 2.24) is 4.90 Å². The molecule has 5 nitrogen and oxygen atoms in total. The van der Waals surface area contributed by atoms with E-state index in [1.165, 1.54) is 0 Å². The summed E-state index contributed by atoms with van der Waals surface area (Å²) in [6.45, 7) is 2.37. The Balaban J connectivity index is 2.06. The minimum absolute atomic E-state index is 0.132. The molecule has 0 aliphatic carbocycles. The van der Waals surface area contributed by atoms with E-state index < -0.39 is 0 Å². The number of anilines is 1. The van der Waals surface area contributed by atoms with Gasteiger partial charge in [-0.1, -0.05) is 12.2 Å². The Hall–Kier alpha value is -1.18. The lowest BCUT2D eigenvalue weighted by Crippen LogP contribution is -2.43. The Bertz CT molecular complexity index is 504. The van der Waals surface area contributed by atoms with E-state index in [2.05, 4.69) is 21.2 Å². The van der Waals surface area contributed by atoms with E-state index in [4.69, 9.17) is 22.7 Å². The van der Waals surface area contributed by atoms with Crippen LogP contribution < -0.4 is 11.1 Å². The first-order valence-corrected chi connectivity index (χ1v) is 7.01. The largest absolute Gasteiger partial charge is 0.389 e. The standard InChI is InChI=1S/C12H14BrN3O2S/c13-9-7-8(11(14)19)1-2-10(9)15-12(17)16-3-5-18-6-4-16/h1-2,7H,3-6H2,(H2,14,19)(H,15,17). The molecule has 3 N–H and O–H groups in total. The van der Waals surface area contributed by atoms with Crippen molar-refractivity contribution in [3.8, 4) is 0 Å². The van der Waals surface area contributed by atoms with E-state index >= 15 is 0 Å². The van der Waals surface area contributed by atoms with Crippen molar-refractivity contribution in [3.05, 3.63) is 28.2 Å². The molecule has 102 valence electrons. The van der Waals surface area contributed by atoms with E-state index in [-0.39, 0.29) is 6.03 Å². The van der Waals surface area contributed by atoms with Gasteiger partial charge >= 0.3 is 6.03 Å². The number of hydrogen-bond acceptors (Lipinski definition) is 3. The Morgan fingerprint density at radius 3 is 2.68 bits per heavy atom. The SMILES string of the molecule is NC(=S)c1ccc(NC(=O)N2CCOCC2)c(Br)c1. The molecular weight excluding hydrogens is 330 g/mol. The number of carbonyl (C=O) groups is 1. The second-order valence-electron chi connectivity index (χ2n) is 4.09. The molecule has 0 aromatic heterocycles. The number of urea groups is 1. The molecular formula is C12H14BrN3O2S. The van der Waals surface area contributed by atoms with Crippen LogP contribution in [0.4, 0.5) is 10.5 Å². The highest BCUT2D eigenvalue weighted by atomic mass is 79.9. The number of nitrogens with one attached hydrogen (secondary N) is 1. The highest BCUT2D eigenvalue weighted by molar-refractivity contribution is 9.10. The number of nitrogens with zero attached hydrogens (tertiary/aromatic N) is 1. The van der Waals surface area contributed by atoms with E-state index in [1.54, 1.807) is 23.1 Å². The lowest BCUT2D eigenvalue weighted by Gasteiger charge is -2.27. The van der Waals surface area contributed by atoms with Crippen LogP contribution in [0.1, 0.15) is 5.56 Å². The summed E-state index contributed by atoms with van der Waals surface area (Å²) in [4.78, 5) is 14.1. The fraction of sp³-hybridized carbons (Fsp3) is 0.333. The molecule has 0 bridgehead atoms. The van der Waals surface area contributed by atoms with Gasteiger partial charge in [0.25, 0.3) is 0 Å². The summed E-state index contributed by atoms with van der Waals surface area (Å²) in [5.41, 5.74) is 7.00. The average molecular weight is 344 g/mol. The van der Waals surface area contributed by atoms with Crippen LogP contribution in [0.3, 0.4) is 0 Å². The molecule has 0 atom stereocenters. The highest BCUT2D eigenvalue weighted by Gasteiger charge is 2.17. The van der Waals surface area contributed by atoms with Crippen molar-refractivity contribution in [1.29, 1.82) is 0 Å². The molecule has 1 saturated heterocycles. The van der Waals surface area contributed by atoms with Crippen molar-refractivity contribution in [2.24, 2.45) is 5.73 Å². The van der Waals surface area contributed by atoms with Crippen molar-refractivity contribution < 1.29 is 9.53 Å². The maximum Gasteiger partial charge on any atom is 0.322 e. The van der Waals surface area contributed by atoms with Crippen LogP contribution in [0, 0.1) is 0 Å². The summed E-state index contributed by atoms with van der Waals surface area (Å²) in [5.74, 6) is 0. The summed E-state index contributed by atoms with van der Waals surface area (Å²) in [6, 6.07) is 5.21. The van der Waals surface area contributed by atoms with Gasteiger partial charge < -0.3 is 20.7 Å². The van der Waals surface area contributed by atoms with Crippen LogP contribution in [0.15, 0.2) is 22.7 Å². The lowest BCUT2D eigenvalue weighted by molar-refractivity contribution is 0.0564. The molecule has 0 unspecified atom stereocenters. The molecule has 0 radical (unpaired) electrons. The van der Waals surface area contributed by atoms with Gasteiger partial charge in [0, 0.05) is 23.1 Å². The second kappa shape index (κ2) is 6.31. The number of nitrogens with two attached hydrogens (primary N) is 1. The lowest BCUT2D eigenvalue weighted by atomic mass is 10.2. The maximum absolute atomic E-state index is 12.0. The van der Waals surface area contributed by atoms with Crippen LogP contribution in [0.25, 0.3) is 0 Å². The third-order valence-corrected chi connectivity index (χ3v) is 3.69. The molecule has 1 aliphatic heterocycles. The minimum atomic E-state index is -0.132. The molecule has 1 aliphatic rings. The molecule has 19 heavy (non-hydrogen) atoms. The first kappa shape index (κ1) is 14.2. The van der Waals surface area contributed by atoms with Crippen molar-refractivity contribution in [2.75, 3.05) is 31.6 Å². The van der Waals surface area contributed by atoms with Gasteiger partial charge in [-0.15, -0.1) is 0 Å². The predicted octanol–water partition coefficient (Wildman–Crippen LogP) is 1.95. The first-order chi connectivity index (χ1) is 9.08. The zero-order valence-corrected chi connectivity index (χ0v) is 12.6. The number of morpholine rings is 1. The summed E-state index contributed by atoms with van der Waals surface area (Å²) in [5, 5.41) is 2.85. The van der Waals surface area contributed by atoms with E-state index in [0.717, 1.165) is 10.0 Å². The van der Waals surface area contributed by atoms with Crippen LogP contribution in [0.2, 0.25) is 0 Å². The fourth-order valence-electron chi connectivity index (χ4n) is 1.73. The number of ether oxygens (including phenoxy) is 1. The van der Waals surface area contributed by atoms with E-state index in [0.29, 0.717) is 37.0 Å². The quantitative estimate of drug-likeness (QED) is 0.805. The molecule has 1 fully saturated rings. The first-order valence-electron chi connectivity index (χ1n) is 5.81. The number of hydrogen-bond donors (Lipinski definition) is 2. The smallest absolute Gasteiger partial charge is 0.322 e. The number of thiocarbonyl (C=S) groups is 1. The number of amides is 2. The van der Waals surface area contributed by atoms with Crippen molar-refractivity contribution in [3.63, 3.8) is 0 Å². The second-order valence-corrected chi connectivity index (χ2v) is 5.38. The monoisotopic (exact) mass is 343 g/mol. The topological polar surface area (TPSA) is 67.6 Å². The van der Waals surface area contributed by atoms with Crippen molar-refractivity contribution in [2.45, 2.75) is 0 Å². The third kappa shape index (κ3) is 3.65. The van der Waals surface area contributed by atoms with Crippen molar-refractivity contribution >= 4 is 44.9 Å². The number of rotatable bonds is 2. The predicted molar refractivity (Wildman–Crippen MR) is 81.4 cm³/mol. The maximum atomic E-state index is 12.0. The molecule has 1 aromatic rings. The molecule has 2 amide bonds. The van der Waals surface area contributed by atoms with Crippen LogP contribution in [-0.2, 0) is 4.74 Å². The van der Waals surface area contributed by atoms with Gasteiger partial charge in [0.1, 0.15) is 4.99 Å². The minimum Gasteiger partial charge on any atom is -0.389 e. The van der Waals surface area contributed by atoms with E-state index in [1.807, 2.05) is 0 Å². The summed E-state index contributed by atoms with van der Waals surface area (Å²) >= 11 is 8.30. The third-order valence-electron chi connectivity index (χ3n) is 2.79. The van der Waals surface area contributed by atoms with Gasteiger partial charge in [-0.2, -0.15) is 0 Å². The highest BCUT2D eigenvalue weighted by Crippen LogP contribution is 2.24. The Kier molecular flexibility index (Phi) is 4.73. The Morgan fingerprint density at radius 2 is 2.11 bits per heavy atom. The van der Waals surface area contributed by atoms with Gasteiger partial charge in [-0.25, -0.2) is 4.79 Å². The number of carbonyl (C=O) groups excluding carboxylic acids is 1.